The standard InChI is InChI=1S/C17H22ClNO4/c1-17(2,10-12-4-3-5-13(18)8-12)16(22)19-6-7-23-14(11-19)9-15(20)21/h3-5,8,14H,6-7,9-11H2,1-2H3,(H,20,21). The van der Waals surface area contributed by atoms with Crippen LogP contribution in [0.5, 0.6) is 0 Å². The molecule has 0 aromatic heterocycles. The summed E-state index contributed by atoms with van der Waals surface area (Å²) in [6, 6.07) is 7.49. The Balaban J connectivity index is 2.03. The van der Waals surface area contributed by atoms with E-state index in [1.165, 1.54) is 0 Å². The van der Waals surface area contributed by atoms with E-state index in [1.54, 1.807) is 11.0 Å². The van der Waals surface area contributed by atoms with Gasteiger partial charge in [-0.3, -0.25) is 9.59 Å². The van der Waals surface area contributed by atoms with Crippen LogP contribution in [-0.4, -0.2) is 47.7 Å². The third-order valence-corrected chi connectivity index (χ3v) is 4.18. The highest BCUT2D eigenvalue weighted by Gasteiger charge is 2.35. The SMILES string of the molecule is CC(C)(Cc1cccc(Cl)c1)C(=O)N1CCOC(CC(=O)O)C1. The monoisotopic (exact) mass is 339 g/mol. The fourth-order valence-electron chi connectivity index (χ4n) is 2.88. The number of nitrogens with zero attached hydrogens (tertiary/aromatic N) is 1. The minimum Gasteiger partial charge on any atom is -0.481 e. The van der Waals surface area contributed by atoms with Gasteiger partial charge in [0, 0.05) is 23.5 Å². The number of amides is 1. The van der Waals surface area contributed by atoms with Gasteiger partial charge in [0.05, 0.1) is 19.1 Å². The van der Waals surface area contributed by atoms with Crippen molar-refractivity contribution in [3.8, 4) is 0 Å². The smallest absolute Gasteiger partial charge is 0.306 e. The number of aliphatic carboxylic acids is 1. The van der Waals surface area contributed by atoms with Crippen LogP contribution in [0.4, 0.5) is 0 Å². The van der Waals surface area contributed by atoms with Crippen LogP contribution in [-0.2, 0) is 20.7 Å². The summed E-state index contributed by atoms with van der Waals surface area (Å²) in [6.07, 6.45) is 0.0541. The summed E-state index contributed by atoms with van der Waals surface area (Å²) >= 11 is 6.00. The minimum atomic E-state index is -0.914. The van der Waals surface area contributed by atoms with Gasteiger partial charge in [-0.25, -0.2) is 0 Å². The van der Waals surface area contributed by atoms with E-state index >= 15 is 0 Å². The van der Waals surface area contributed by atoms with Gasteiger partial charge in [-0.1, -0.05) is 37.6 Å². The first kappa shape index (κ1) is 17.8. The van der Waals surface area contributed by atoms with E-state index in [-0.39, 0.29) is 12.3 Å². The molecule has 1 N–H and O–H groups in total. The van der Waals surface area contributed by atoms with Crippen LogP contribution < -0.4 is 0 Å². The Morgan fingerprint density at radius 3 is 2.83 bits per heavy atom. The van der Waals surface area contributed by atoms with Gasteiger partial charge in [0.1, 0.15) is 0 Å². The molecule has 1 unspecified atom stereocenters. The molecule has 126 valence electrons. The molecule has 0 saturated carbocycles. The number of carboxylic acid groups (broad SMARTS) is 1. The average molecular weight is 340 g/mol. The van der Waals surface area contributed by atoms with E-state index in [9.17, 15) is 9.59 Å². The van der Waals surface area contributed by atoms with Crippen molar-refractivity contribution in [3.63, 3.8) is 0 Å². The van der Waals surface area contributed by atoms with E-state index in [1.807, 2.05) is 32.0 Å². The Morgan fingerprint density at radius 2 is 2.17 bits per heavy atom. The Kier molecular flexibility index (Phi) is 5.65. The molecule has 0 radical (unpaired) electrons. The first-order chi connectivity index (χ1) is 10.8. The highest BCUT2D eigenvalue weighted by Crippen LogP contribution is 2.27. The minimum absolute atomic E-state index is 0.0103. The van der Waals surface area contributed by atoms with Crippen molar-refractivity contribution in [2.45, 2.75) is 32.8 Å². The molecule has 6 heteroatoms. The van der Waals surface area contributed by atoms with Crippen LogP contribution in [0, 0.1) is 5.41 Å². The van der Waals surface area contributed by atoms with Crippen LogP contribution >= 0.6 is 11.6 Å². The largest absolute Gasteiger partial charge is 0.481 e. The highest BCUT2D eigenvalue weighted by atomic mass is 35.5. The predicted molar refractivity (Wildman–Crippen MR) is 87.5 cm³/mol. The summed E-state index contributed by atoms with van der Waals surface area (Å²) in [4.78, 5) is 25.4. The maximum absolute atomic E-state index is 12.8. The second-order valence-corrected chi connectivity index (χ2v) is 6.97. The maximum Gasteiger partial charge on any atom is 0.306 e. The zero-order chi connectivity index (χ0) is 17.0. The normalized spacial score (nSPS) is 18.7. The van der Waals surface area contributed by atoms with Crippen LogP contribution in [0.2, 0.25) is 5.02 Å². The Labute approximate surface area is 141 Å². The van der Waals surface area contributed by atoms with Gasteiger partial charge in [-0.15, -0.1) is 0 Å². The Morgan fingerprint density at radius 1 is 1.43 bits per heavy atom. The lowest BCUT2D eigenvalue weighted by atomic mass is 9.84. The summed E-state index contributed by atoms with van der Waals surface area (Å²) in [6.45, 7) is 4.99. The molecule has 1 amide bonds. The van der Waals surface area contributed by atoms with Crippen LogP contribution in [0.25, 0.3) is 0 Å². The van der Waals surface area contributed by atoms with Crippen LogP contribution in [0.1, 0.15) is 25.8 Å². The van der Waals surface area contributed by atoms with Crippen molar-refractivity contribution in [1.29, 1.82) is 0 Å². The van der Waals surface area contributed by atoms with Crippen LogP contribution in [0.15, 0.2) is 24.3 Å². The van der Waals surface area contributed by atoms with Gasteiger partial charge in [0.15, 0.2) is 0 Å². The fourth-order valence-corrected chi connectivity index (χ4v) is 3.10. The topological polar surface area (TPSA) is 66.8 Å². The molecular weight excluding hydrogens is 318 g/mol. The zero-order valence-corrected chi connectivity index (χ0v) is 14.2. The maximum atomic E-state index is 12.8. The lowest BCUT2D eigenvalue weighted by Crippen LogP contribution is -2.51. The summed E-state index contributed by atoms with van der Waals surface area (Å²) < 4.78 is 5.42. The second kappa shape index (κ2) is 7.32. The molecule has 1 aliphatic heterocycles. The summed E-state index contributed by atoms with van der Waals surface area (Å²) in [5, 5.41) is 9.53. The van der Waals surface area contributed by atoms with Crippen molar-refractivity contribution in [3.05, 3.63) is 34.9 Å². The summed E-state index contributed by atoms with van der Waals surface area (Å²) in [5.41, 5.74) is 0.418. The van der Waals surface area contributed by atoms with E-state index in [0.29, 0.717) is 31.1 Å². The number of hydrogen-bond acceptors (Lipinski definition) is 3. The molecule has 23 heavy (non-hydrogen) atoms. The van der Waals surface area contributed by atoms with Crippen molar-refractivity contribution in [1.82, 2.24) is 4.90 Å². The summed E-state index contributed by atoms with van der Waals surface area (Å²) in [5.74, 6) is -0.904. The number of rotatable bonds is 5. The quantitative estimate of drug-likeness (QED) is 0.895. The third kappa shape index (κ3) is 4.94. The Hall–Kier alpha value is -1.59. The van der Waals surface area contributed by atoms with Gasteiger partial charge < -0.3 is 14.7 Å². The lowest BCUT2D eigenvalue weighted by Gasteiger charge is -2.37. The predicted octanol–water partition coefficient (Wildman–Crippen LogP) is 2.61. The van der Waals surface area contributed by atoms with E-state index in [4.69, 9.17) is 21.4 Å². The molecular formula is C17H22ClNO4. The van der Waals surface area contributed by atoms with Crippen molar-refractivity contribution < 1.29 is 19.4 Å². The number of morpholine rings is 1. The molecule has 5 nitrogen and oxygen atoms in total. The number of carbonyl (C=O) groups excluding carboxylic acids is 1. The van der Waals surface area contributed by atoms with Crippen LogP contribution in [0.3, 0.4) is 0 Å². The van der Waals surface area contributed by atoms with Crippen molar-refractivity contribution >= 4 is 23.5 Å². The number of carboxylic acids is 1. The van der Waals surface area contributed by atoms with Gasteiger partial charge >= 0.3 is 5.97 Å². The Bertz CT molecular complexity index is 588. The first-order valence-corrected chi connectivity index (χ1v) is 8.03. The molecule has 0 aliphatic carbocycles. The number of benzene rings is 1. The first-order valence-electron chi connectivity index (χ1n) is 7.65. The molecule has 0 spiro atoms. The van der Waals surface area contributed by atoms with Gasteiger partial charge in [-0.2, -0.15) is 0 Å². The zero-order valence-electron chi connectivity index (χ0n) is 13.4. The number of ether oxygens (including phenoxy) is 1. The fraction of sp³-hybridized carbons (Fsp3) is 0.529. The highest BCUT2D eigenvalue weighted by molar-refractivity contribution is 6.30. The van der Waals surface area contributed by atoms with E-state index in [2.05, 4.69) is 0 Å². The van der Waals surface area contributed by atoms with E-state index < -0.39 is 17.5 Å². The third-order valence-electron chi connectivity index (χ3n) is 3.94. The number of hydrogen-bond donors (Lipinski definition) is 1. The van der Waals surface area contributed by atoms with Gasteiger partial charge in [0.2, 0.25) is 5.91 Å². The van der Waals surface area contributed by atoms with E-state index in [0.717, 1.165) is 5.56 Å². The number of halogens is 1. The number of carbonyl (C=O) groups is 2. The lowest BCUT2D eigenvalue weighted by molar-refractivity contribution is -0.152. The molecule has 1 heterocycles. The average Bonchev–Trinajstić information content (AvgIpc) is 2.45. The molecule has 1 aromatic carbocycles. The van der Waals surface area contributed by atoms with Crippen molar-refractivity contribution in [2.24, 2.45) is 5.41 Å². The van der Waals surface area contributed by atoms with Gasteiger partial charge in [-0.05, 0) is 24.1 Å². The molecule has 1 aromatic rings. The second-order valence-electron chi connectivity index (χ2n) is 6.53. The summed E-state index contributed by atoms with van der Waals surface area (Å²) in [7, 11) is 0. The van der Waals surface area contributed by atoms with Gasteiger partial charge in [0.25, 0.3) is 0 Å². The molecule has 1 aliphatic rings. The molecule has 0 bridgehead atoms. The van der Waals surface area contributed by atoms with Crippen molar-refractivity contribution in [2.75, 3.05) is 19.7 Å². The molecule has 1 fully saturated rings. The molecule has 2 rings (SSSR count). The molecule has 1 atom stereocenters. The molecule has 1 saturated heterocycles.